The third-order valence-electron chi connectivity index (χ3n) is 11.4. The molecule has 10 rings (SSSR count). The van der Waals surface area contributed by atoms with Gasteiger partial charge in [-0.2, -0.15) is 5.10 Å². The Labute approximate surface area is 339 Å². The number of fused-ring (bicyclic) bond motifs is 4. The van der Waals surface area contributed by atoms with Gasteiger partial charge in [0.15, 0.2) is 5.01 Å². The van der Waals surface area contributed by atoms with Crippen LogP contribution in [0.3, 0.4) is 0 Å². The lowest BCUT2D eigenvalue weighted by atomic mass is 10.0. The molecule has 4 aromatic heterocycles. The SMILES string of the molecule is C[C@H](c1ccc2sc(Oc3nnc(-c4ccc5c(c4)CCN([C@@H](C)c4ccc6scnc6c4)CC5)s3)nc2c1)N1CCc2ccc(-c3n[nH]c(=O)s3)cc2CC1. The Hall–Kier alpha value is -4.70. The molecule has 4 aromatic carbocycles. The van der Waals surface area contributed by atoms with Gasteiger partial charge in [-0.15, -0.1) is 16.4 Å². The summed E-state index contributed by atoms with van der Waals surface area (Å²) in [6.45, 7) is 8.53. The minimum absolute atomic E-state index is 0.128. The number of rotatable bonds is 8. The second kappa shape index (κ2) is 15.0. The summed E-state index contributed by atoms with van der Waals surface area (Å²) in [7, 11) is 0. The van der Waals surface area contributed by atoms with Crippen LogP contribution in [0.4, 0.5) is 0 Å². The Morgan fingerprint density at radius 1 is 0.643 bits per heavy atom. The lowest BCUT2D eigenvalue weighted by Crippen LogP contribution is -2.29. The summed E-state index contributed by atoms with van der Waals surface area (Å²) >= 11 is 5.83. The summed E-state index contributed by atoms with van der Waals surface area (Å²) < 4.78 is 8.54. The van der Waals surface area contributed by atoms with E-state index in [9.17, 15) is 4.79 Å². The van der Waals surface area contributed by atoms with Crippen molar-refractivity contribution in [3.8, 4) is 31.5 Å². The first-order valence-corrected chi connectivity index (χ1v) is 22.3. The van der Waals surface area contributed by atoms with Crippen LogP contribution in [0.15, 0.2) is 83.1 Å². The van der Waals surface area contributed by atoms with Gasteiger partial charge in [0, 0.05) is 49.4 Å². The fourth-order valence-electron chi connectivity index (χ4n) is 8.10. The first kappa shape index (κ1) is 35.7. The minimum Gasteiger partial charge on any atom is -0.401 e. The molecule has 0 radical (unpaired) electrons. The zero-order chi connectivity index (χ0) is 37.8. The highest BCUT2D eigenvalue weighted by atomic mass is 32.1. The molecule has 0 aliphatic carbocycles. The molecular weight excluding hydrogens is 777 g/mol. The summed E-state index contributed by atoms with van der Waals surface area (Å²) in [4.78, 5) is 26.1. The number of hydrogen-bond donors (Lipinski definition) is 1. The molecule has 0 unspecified atom stereocenters. The fraction of sp³-hybridized carbons (Fsp3) is 0.286. The summed E-state index contributed by atoms with van der Waals surface area (Å²) in [6, 6.07) is 27.0. The van der Waals surface area contributed by atoms with E-state index >= 15 is 0 Å². The van der Waals surface area contributed by atoms with Crippen molar-refractivity contribution >= 4 is 65.8 Å². The molecule has 56 heavy (non-hydrogen) atoms. The van der Waals surface area contributed by atoms with Gasteiger partial charge in [-0.25, -0.2) is 15.1 Å². The van der Waals surface area contributed by atoms with Gasteiger partial charge in [-0.3, -0.25) is 14.6 Å². The number of aromatic nitrogens is 6. The van der Waals surface area contributed by atoms with Crippen LogP contribution in [0, 0.1) is 0 Å². The number of nitrogens with zero attached hydrogens (tertiary/aromatic N) is 7. The normalized spacial score (nSPS) is 16.3. The van der Waals surface area contributed by atoms with E-state index in [-0.39, 0.29) is 10.9 Å². The van der Waals surface area contributed by atoms with Gasteiger partial charge in [0.05, 0.1) is 25.9 Å². The average molecular weight is 815 g/mol. The van der Waals surface area contributed by atoms with Gasteiger partial charge in [0.2, 0.25) is 0 Å². The van der Waals surface area contributed by atoms with Crippen molar-refractivity contribution in [1.82, 2.24) is 40.2 Å². The standard InChI is InChI=1S/C42H38N8O2S4/c1-24(28-7-9-36-34(21-28)43-23-53-36)49-15-11-27-4-6-33(20-31(27)14-17-49)39-46-48-42(56-39)52-41-44-35-22-29(8-10-37(35)54-41)25(2)50-16-12-26-3-5-32(19-30(26)13-18-50)38-45-47-40(51)55-38/h3-10,19-25H,11-18H2,1-2H3,(H,47,51)/t24-,25+/m0/s1. The third-order valence-corrected chi connectivity index (χ3v) is 14.8. The average Bonchev–Trinajstić information content (AvgIpc) is 4.01. The number of ether oxygens (including phenoxy) is 1. The van der Waals surface area contributed by atoms with E-state index in [0.717, 1.165) is 100 Å². The van der Waals surface area contributed by atoms with E-state index < -0.39 is 0 Å². The molecule has 0 bridgehead atoms. The van der Waals surface area contributed by atoms with Crippen molar-refractivity contribution in [2.24, 2.45) is 0 Å². The number of H-pyrrole nitrogens is 1. The molecule has 2 atom stereocenters. The number of nitrogens with one attached hydrogen (secondary N) is 1. The zero-order valence-corrected chi connectivity index (χ0v) is 34.2. The van der Waals surface area contributed by atoms with Gasteiger partial charge in [0.25, 0.3) is 5.19 Å². The van der Waals surface area contributed by atoms with Gasteiger partial charge in [-0.05, 0) is 109 Å². The highest BCUT2D eigenvalue weighted by Gasteiger charge is 2.23. The molecule has 0 fully saturated rings. The zero-order valence-electron chi connectivity index (χ0n) is 30.9. The van der Waals surface area contributed by atoms with E-state index in [1.54, 1.807) is 11.3 Å². The van der Waals surface area contributed by atoms with Crippen LogP contribution in [0.1, 0.15) is 59.3 Å². The minimum atomic E-state index is -0.128. The topological polar surface area (TPSA) is 113 Å². The molecule has 0 amide bonds. The molecular formula is C42H38N8O2S4. The van der Waals surface area contributed by atoms with E-state index in [1.165, 1.54) is 60.8 Å². The predicted octanol–water partition coefficient (Wildman–Crippen LogP) is 9.35. The molecule has 282 valence electrons. The summed E-state index contributed by atoms with van der Waals surface area (Å²) in [5, 5.41) is 18.3. The maximum atomic E-state index is 11.7. The molecule has 14 heteroatoms. The van der Waals surface area contributed by atoms with Gasteiger partial charge in [-0.1, -0.05) is 75.5 Å². The molecule has 0 spiro atoms. The maximum absolute atomic E-state index is 11.7. The van der Waals surface area contributed by atoms with Crippen LogP contribution in [-0.4, -0.2) is 66.3 Å². The predicted molar refractivity (Wildman–Crippen MR) is 228 cm³/mol. The van der Waals surface area contributed by atoms with E-state index in [4.69, 9.17) is 9.72 Å². The lowest BCUT2D eigenvalue weighted by molar-refractivity contribution is 0.221. The maximum Gasteiger partial charge on any atom is 0.322 e. The van der Waals surface area contributed by atoms with E-state index in [2.05, 4.69) is 122 Å². The molecule has 10 nitrogen and oxygen atoms in total. The van der Waals surface area contributed by atoms with Crippen molar-refractivity contribution in [2.75, 3.05) is 26.2 Å². The third kappa shape index (κ3) is 7.10. The number of thiazole rings is 2. The molecule has 2 aliphatic heterocycles. The number of benzene rings is 4. The fourth-order valence-corrected chi connectivity index (χ4v) is 10.9. The van der Waals surface area contributed by atoms with Gasteiger partial charge >= 0.3 is 10.1 Å². The summed E-state index contributed by atoms with van der Waals surface area (Å²) in [5.74, 6) is 0. The summed E-state index contributed by atoms with van der Waals surface area (Å²) in [6.07, 6.45) is 3.94. The summed E-state index contributed by atoms with van der Waals surface area (Å²) in [5.41, 5.74) is 14.1. The molecule has 0 saturated carbocycles. The molecule has 0 saturated heterocycles. The van der Waals surface area contributed by atoms with Crippen LogP contribution in [-0.2, 0) is 25.7 Å². The highest BCUT2D eigenvalue weighted by molar-refractivity contribution is 7.20. The van der Waals surface area contributed by atoms with Crippen LogP contribution in [0.2, 0.25) is 0 Å². The van der Waals surface area contributed by atoms with Crippen LogP contribution < -0.4 is 9.61 Å². The molecule has 6 heterocycles. The van der Waals surface area contributed by atoms with Crippen LogP contribution in [0.25, 0.3) is 41.6 Å². The Balaban J connectivity index is 0.787. The van der Waals surface area contributed by atoms with Gasteiger partial charge < -0.3 is 4.74 Å². The van der Waals surface area contributed by atoms with E-state index in [1.807, 2.05) is 5.51 Å². The second-order valence-electron chi connectivity index (χ2n) is 14.6. The Morgan fingerprint density at radius 2 is 1.27 bits per heavy atom. The quantitative estimate of drug-likeness (QED) is 0.160. The van der Waals surface area contributed by atoms with Crippen LogP contribution >= 0.6 is 45.3 Å². The van der Waals surface area contributed by atoms with E-state index in [0.29, 0.717) is 16.4 Å². The first-order chi connectivity index (χ1) is 27.4. The largest absolute Gasteiger partial charge is 0.401 e. The Bertz CT molecular complexity index is 2770. The second-order valence-corrected chi connectivity index (χ2v) is 18.4. The smallest absolute Gasteiger partial charge is 0.322 e. The monoisotopic (exact) mass is 814 g/mol. The van der Waals surface area contributed by atoms with Crippen molar-refractivity contribution in [1.29, 1.82) is 0 Å². The number of hydrogen-bond acceptors (Lipinski definition) is 13. The van der Waals surface area contributed by atoms with Crippen LogP contribution in [0.5, 0.6) is 10.4 Å². The number of aromatic amines is 1. The molecule has 8 aromatic rings. The first-order valence-electron chi connectivity index (χ1n) is 18.9. The van der Waals surface area contributed by atoms with Crippen molar-refractivity contribution in [2.45, 2.75) is 51.6 Å². The van der Waals surface area contributed by atoms with Crippen molar-refractivity contribution < 1.29 is 4.74 Å². The molecule has 1 N–H and O–H groups in total. The van der Waals surface area contributed by atoms with Gasteiger partial charge in [0.1, 0.15) is 5.01 Å². The Kier molecular flexibility index (Phi) is 9.56. The molecule has 2 aliphatic rings. The van der Waals surface area contributed by atoms with Crippen molar-refractivity contribution in [3.05, 3.63) is 121 Å². The lowest BCUT2D eigenvalue weighted by Gasteiger charge is -2.28. The van der Waals surface area contributed by atoms with Crippen molar-refractivity contribution in [3.63, 3.8) is 0 Å². The Morgan fingerprint density at radius 3 is 1.93 bits per heavy atom. The highest BCUT2D eigenvalue weighted by Crippen LogP contribution is 2.38.